The number of pyridine rings is 1. The first-order valence-electron chi connectivity index (χ1n) is 10.7. The van der Waals surface area contributed by atoms with Gasteiger partial charge in [0.15, 0.2) is 5.82 Å². The second kappa shape index (κ2) is 8.26. The number of aryl methyl sites for hydroxylation is 1. The van der Waals surface area contributed by atoms with Gasteiger partial charge in [0.1, 0.15) is 5.02 Å². The van der Waals surface area contributed by atoms with Crippen molar-refractivity contribution in [3.63, 3.8) is 0 Å². The molecule has 4 heterocycles. The Morgan fingerprint density at radius 3 is 2.87 bits per heavy atom. The largest absolute Gasteiger partial charge is 0.486 e. The molecule has 162 valence electrons. The first-order chi connectivity index (χ1) is 15.1. The van der Waals surface area contributed by atoms with E-state index in [1.165, 1.54) is 6.42 Å². The zero-order valence-corrected chi connectivity index (χ0v) is 18.2. The van der Waals surface area contributed by atoms with Gasteiger partial charge < -0.3 is 24.8 Å². The minimum atomic E-state index is -0.136. The summed E-state index contributed by atoms with van der Waals surface area (Å²) in [4.78, 5) is 24.0. The molecule has 0 bridgehead atoms. The second-order valence-electron chi connectivity index (χ2n) is 7.97. The number of rotatable bonds is 3. The Balaban J connectivity index is 1.53. The number of nitrogens with zero attached hydrogens (tertiary/aromatic N) is 4. The van der Waals surface area contributed by atoms with E-state index in [-0.39, 0.29) is 5.56 Å². The molecule has 3 aromatic rings. The number of anilines is 4. The summed E-state index contributed by atoms with van der Waals surface area (Å²) in [6, 6.07) is 5.84. The summed E-state index contributed by atoms with van der Waals surface area (Å²) in [7, 11) is 1.76. The Bertz CT molecular complexity index is 1190. The van der Waals surface area contributed by atoms with Crippen LogP contribution < -0.4 is 25.8 Å². The van der Waals surface area contributed by atoms with Crippen molar-refractivity contribution in [3.05, 3.63) is 39.8 Å². The number of fused-ring (bicyclic) bond motifs is 3. The number of benzene rings is 1. The molecule has 0 atom stereocenters. The van der Waals surface area contributed by atoms with Crippen LogP contribution in [0.1, 0.15) is 25.7 Å². The van der Waals surface area contributed by atoms with Crippen LogP contribution in [-0.2, 0) is 7.05 Å². The summed E-state index contributed by atoms with van der Waals surface area (Å²) < 4.78 is 7.39. The maximum absolute atomic E-state index is 12.7. The summed E-state index contributed by atoms with van der Waals surface area (Å²) in [5.74, 6) is 1.63. The molecule has 8 nitrogen and oxygen atoms in total. The van der Waals surface area contributed by atoms with Gasteiger partial charge in [-0.15, -0.1) is 0 Å². The molecule has 1 fully saturated rings. The van der Waals surface area contributed by atoms with Crippen molar-refractivity contribution in [2.45, 2.75) is 25.7 Å². The van der Waals surface area contributed by atoms with Crippen molar-refractivity contribution < 1.29 is 4.74 Å². The number of hydrogen-bond donors (Lipinski definition) is 2. The van der Waals surface area contributed by atoms with Crippen LogP contribution in [0.5, 0.6) is 5.75 Å². The third-order valence-corrected chi connectivity index (χ3v) is 6.13. The molecule has 0 amide bonds. The fraction of sp³-hybridized carbons (Fsp3) is 0.409. The van der Waals surface area contributed by atoms with Crippen LogP contribution in [0, 0.1) is 0 Å². The van der Waals surface area contributed by atoms with Gasteiger partial charge in [-0.1, -0.05) is 11.6 Å². The zero-order chi connectivity index (χ0) is 21.4. The minimum absolute atomic E-state index is 0.136. The van der Waals surface area contributed by atoms with Crippen molar-refractivity contribution in [1.29, 1.82) is 0 Å². The molecule has 5 rings (SSSR count). The van der Waals surface area contributed by atoms with Crippen LogP contribution in [-0.4, -0.2) is 40.8 Å². The van der Waals surface area contributed by atoms with Crippen LogP contribution in [0.15, 0.2) is 29.2 Å². The monoisotopic (exact) mass is 440 g/mol. The Labute approximate surface area is 185 Å². The second-order valence-corrected chi connectivity index (χ2v) is 8.38. The van der Waals surface area contributed by atoms with E-state index >= 15 is 0 Å². The molecule has 1 aromatic carbocycles. The van der Waals surface area contributed by atoms with Crippen molar-refractivity contribution >= 4 is 45.6 Å². The molecule has 0 spiro atoms. The first kappa shape index (κ1) is 19.9. The van der Waals surface area contributed by atoms with Gasteiger partial charge in [0.05, 0.1) is 24.0 Å². The summed E-state index contributed by atoms with van der Waals surface area (Å²) >= 11 is 6.40. The normalized spacial score (nSPS) is 16.3. The molecule has 2 aromatic heterocycles. The molecule has 2 aliphatic heterocycles. The van der Waals surface area contributed by atoms with E-state index < -0.39 is 0 Å². The standard InChI is InChI=1S/C22H25ClN6O2/c1-28-17-7-6-14(12-15(17)18-19(21(28)30)31-11-5-8-24-18)26-20-16(23)13-25-22(27-20)29-9-3-2-4-10-29/h6-7,12-13,24H,2-5,8-11H2,1H3,(H,25,26,27). The molecule has 2 N–H and O–H groups in total. The average Bonchev–Trinajstić information content (AvgIpc) is 3.06. The van der Waals surface area contributed by atoms with Gasteiger partial charge >= 0.3 is 0 Å². The smallest absolute Gasteiger partial charge is 0.295 e. The molecule has 1 saturated heterocycles. The predicted octanol–water partition coefficient (Wildman–Crippen LogP) is 3.91. The van der Waals surface area contributed by atoms with Gasteiger partial charge in [-0.25, -0.2) is 4.98 Å². The minimum Gasteiger partial charge on any atom is -0.486 e. The number of ether oxygens (including phenoxy) is 1. The lowest BCUT2D eigenvalue weighted by Gasteiger charge is -2.27. The Morgan fingerprint density at radius 2 is 2.03 bits per heavy atom. The quantitative estimate of drug-likeness (QED) is 0.638. The zero-order valence-electron chi connectivity index (χ0n) is 17.4. The van der Waals surface area contributed by atoms with Gasteiger partial charge in [-0.2, -0.15) is 4.98 Å². The molecule has 0 saturated carbocycles. The Morgan fingerprint density at radius 1 is 1.19 bits per heavy atom. The van der Waals surface area contributed by atoms with E-state index in [1.807, 2.05) is 18.2 Å². The van der Waals surface area contributed by atoms with Gasteiger partial charge in [0.2, 0.25) is 11.7 Å². The highest BCUT2D eigenvalue weighted by atomic mass is 35.5. The number of piperidine rings is 1. The lowest BCUT2D eigenvalue weighted by Crippen LogP contribution is -2.31. The third-order valence-electron chi connectivity index (χ3n) is 5.86. The van der Waals surface area contributed by atoms with Gasteiger partial charge in [-0.3, -0.25) is 4.79 Å². The van der Waals surface area contributed by atoms with Crippen molar-refractivity contribution in [3.8, 4) is 5.75 Å². The maximum atomic E-state index is 12.7. The van der Waals surface area contributed by atoms with Crippen LogP contribution >= 0.6 is 11.6 Å². The summed E-state index contributed by atoms with van der Waals surface area (Å²) in [5.41, 5.74) is 2.25. The molecule has 31 heavy (non-hydrogen) atoms. The fourth-order valence-electron chi connectivity index (χ4n) is 4.20. The topological polar surface area (TPSA) is 84.3 Å². The van der Waals surface area contributed by atoms with Crippen LogP contribution in [0.2, 0.25) is 5.02 Å². The molecular formula is C22H25ClN6O2. The number of hydrogen-bond acceptors (Lipinski definition) is 7. The highest BCUT2D eigenvalue weighted by molar-refractivity contribution is 6.32. The summed E-state index contributed by atoms with van der Waals surface area (Å²) in [6.45, 7) is 3.20. The van der Waals surface area contributed by atoms with E-state index in [4.69, 9.17) is 16.3 Å². The molecule has 0 unspecified atom stereocenters. The number of aromatic nitrogens is 3. The molecule has 0 aliphatic carbocycles. The first-order valence-corrected chi connectivity index (χ1v) is 11.1. The maximum Gasteiger partial charge on any atom is 0.295 e. The van der Waals surface area contributed by atoms with Gasteiger partial charge in [-0.05, 0) is 43.9 Å². The van der Waals surface area contributed by atoms with Crippen molar-refractivity contribution in [2.24, 2.45) is 7.05 Å². The highest BCUT2D eigenvalue weighted by Crippen LogP contribution is 2.34. The van der Waals surface area contributed by atoms with Crippen LogP contribution in [0.4, 0.5) is 23.1 Å². The highest BCUT2D eigenvalue weighted by Gasteiger charge is 2.20. The Kier molecular flexibility index (Phi) is 5.31. The molecule has 0 radical (unpaired) electrons. The van der Waals surface area contributed by atoms with E-state index in [1.54, 1.807) is 17.8 Å². The van der Waals surface area contributed by atoms with Gasteiger partial charge in [0.25, 0.3) is 5.56 Å². The fourth-order valence-corrected chi connectivity index (χ4v) is 4.33. The number of nitrogens with one attached hydrogen (secondary N) is 2. The predicted molar refractivity (Wildman–Crippen MR) is 124 cm³/mol. The molecule has 9 heteroatoms. The Hall–Kier alpha value is -3.00. The van der Waals surface area contributed by atoms with Crippen LogP contribution in [0.25, 0.3) is 10.9 Å². The summed E-state index contributed by atoms with van der Waals surface area (Å²) in [5, 5.41) is 8.07. The van der Waals surface area contributed by atoms with Crippen molar-refractivity contribution in [2.75, 3.05) is 41.8 Å². The lowest BCUT2D eigenvalue weighted by atomic mass is 10.1. The van der Waals surface area contributed by atoms with E-state index in [2.05, 4.69) is 25.5 Å². The van der Waals surface area contributed by atoms with Crippen molar-refractivity contribution in [1.82, 2.24) is 14.5 Å². The van der Waals surface area contributed by atoms with Gasteiger partial charge in [0, 0.05) is 37.8 Å². The third kappa shape index (κ3) is 3.76. The molecular weight excluding hydrogens is 416 g/mol. The van der Waals surface area contributed by atoms with E-state index in [0.29, 0.717) is 29.1 Å². The average molecular weight is 441 g/mol. The lowest BCUT2D eigenvalue weighted by molar-refractivity contribution is 0.317. The summed E-state index contributed by atoms with van der Waals surface area (Å²) in [6.07, 6.45) is 6.04. The van der Waals surface area contributed by atoms with E-state index in [0.717, 1.165) is 61.2 Å². The number of halogens is 1. The van der Waals surface area contributed by atoms with E-state index in [9.17, 15) is 4.79 Å². The molecule has 2 aliphatic rings. The SMILES string of the molecule is Cn1c(=O)c2c(c3cc(Nc4nc(N5CCCCC5)ncc4Cl)ccc31)NCCCO2. The van der Waals surface area contributed by atoms with Crippen LogP contribution in [0.3, 0.4) is 0 Å².